The number of hydrogen-bond donors (Lipinski definition) is 2. The maximum absolute atomic E-state index is 12.0. The van der Waals surface area contributed by atoms with E-state index in [1.165, 1.54) is 11.8 Å². The highest BCUT2D eigenvalue weighted by Gasteiger charge is 2.22. The van der Waals surface area contributed by atoms with Crippen LogP contribution in [0.3, 0.4) is 0 Å². The number of imidazole rings is 1. The molecule has 1 aliphatic heterocycles. The Morgan fingerprint density at radius 1 is 1.50 bits per heavy atom. The van der Waals surface area contributed by atoms with Gasteiger partial charge in [0.05, 0.1) is 17.1 Å². The quantitative estimate of drug-likeness (QED) is 0.886. The second kappa shape index (κ2) is 6.39. The van der Waals surface area contributed by atoms with Gasteiger partial charge in [0.1, 0.15) is 5.82 Å². The molecule has 0 radical (unpaired) electrons. The number of thioether (sulfide) groups is 1. The summed E-state index contributed by atoms with van der Waals surface area (Å²) in [5, 5.41) is 2.99. The Kier molecular flexibility index (Phi) is 4.33. The van der Waals surface area contributed by atoms with E-state index in [1.54, 1.807) is 4.90 Å². The summed E-state index contributed by atoms with van der Waals surface area (Å²) in [5.74, 6) is 1.48. The standard InChI is InChI=1S/C15H18N4O2S/c1-10(14-17-11-4-2-3-5-12(11)18-14)16-13(20)6-7-19-8-9-22-15(19)21/h2-5,10H,6-9H2,1H3,(H,16,20)(H,17,18)/t10-/m0/s1. The van der Waals surface area contributed by atoms with E-state index >= 15 is 0 Å². The predicted molar refractivity (Wildman–Crippen MR) is 86.7 cm³/mol. The molecule has 0 aliphatic carbocycles. The number of carbonyl (C=O) groups is 2. The van der Waals surface area contributed by atoms with Crippen molar-refractivity contribution in [1.82, 2.24) is 20.2 Å². The van der Waals surface area contributed by atoms with Gasteiger partial charge in [0, 0.05) is 25.3 Å². The number of nitrogens with zero attached hydrogens (tertiary/aromatic N) is 2. The molecule has 0 spiro atoms. The van der Waals surface area contributed by atoms with E-state index in [2.05, 4.69) is 15.3 Å². The zero-order valence-corrected chi connectivity index (χ0v) is 13.2. The van der Waals surface area contributed by atoms with Gasteiger partial charge in [-0.1, -0.05) is 23.9 Å². The number of hydrogen-bond acceptors (Lipinski definition) is 4. The third-order valence-electron chi connectivity index (χ3n) is 3.65. The molecule has 0 unspecified atom stereocenters. The summed E-state index contributed by atoms with van der Waals surface area (Å²) < 4.78 is 0. The third kappa shape index (κ3) is 3.24. The normalized spacial score (nSPS) is 16.2. The fourth-order valence-electron chi connectivity index (χ4n) is 2.42. The van der Waals surface area contributed by atoms with E-state index in [0.29, 0.717) is 13.0 Å². The van der Waals surface area contributed by atoms with E-state index in [-0.39, 0.29) is 17.2 Å². The first-order valence-electron chi connectivity index (χ1n) is 7.29. The molecule has 0 bridgehead atoms. The van der Waals surface area contributed by atoms with Crippen molar-refractivity contribution in [2.75, 3.05) is 18.8 Å². The van der Waals surface area contributed by atoms with Gasteiger partial charge in [-0.3, -0.25) is 9.59 Å². The molecule has 2 aromatic rings. The maximum atomic E-state index is 12.0. The fourth-order valence-corrected chi connectivity index (χ4v) is 3.28. The number of rotatable bonds is 5. The van der Waals surface area contributed by atoms with Crippen molar-refractivity contribution in [2.45, 2.75) is 19.4 Å². The Labute approximate surface area is 132 Å². The number of fused-ring (bicyclic) bond motifs is 1. The fraction of sp³-hybridized carbons (Fsp3) is 0.400. The van der Waals surface area contributed by atoms with Gasteiger partial charge >= 0.3 is 0 Å². The van der Waals surface area contributed by atoms with Gasteiger partial charge in [0.2, 0.25) is 5.91 Å². The number of benzene rings is 1. The monoisotopic (exact) mass is 318 g/mol. The minimum atomic E-state index is -0.191. The zero-order valence-electron chi connectivity index (χ0n) is 12.3. The molecular weight excluding hydrogens is 300 g/mol. The van der Waals surface area contributed by atoms with E-state index in [4.69, 9.17) is 0 Å². The highest BCUT2D eigenvalue weighted by molar-refractivity contribution is 8.13. The smallest absolute Gasteiger partial charge is 0.281 e. The van der Waals surface area contributed by atoms with E-state index in [0.717, 1.165) is 29.2 Å². The van der Waals surface area contributed by atoms with Gasteiger partial charge in [0.25, 0.3) is 5.24 Å². The highest BCUT2D eigenvalue weighted by atomic mass is 32.2. The molecule has 2 amide bonds. The largest absolute Gasteiger partial charge is 0.346 e. The topological polar surface area (TPSA) is 78.1 Å². The van der Waals surface area contributed by atoms with Crippen LogP contribution in [-0.2, 0) is 4.79 Å². The first kappa shape index (κ1) is 14.9. The number of aromatic amines is 1. The highest BCUT2D eigenvalue weighted by Crippen LogP contribution is 2.18. The zero-order chi connectivity index (χ0) is 15.5. The average molecular weight is 318 g/mol. The summed E-state index contributed by atoms with van der Waals surface area (Å²) in [6.07, 6.45) is 0.316. The SMILES string of the molecule is C[C@H](NC(=O)CCN1CCSC1=O)c1nc2ccccc2[nH]1. The van der Waals surface area contributed by atoms with Crippen LogP contribution in [0.15, 0.2) is 24.3 Å². The summed E-state index contributed by atoms with van der Waals surface area (Å²) in [5.41, 5.74) is 1.84. The molecule has 22 heavy (non-hydrogen) atoms. The summed E-state index contributed by atoms with van der Waals surface area (Å²) in [6, 6.07) is 7.57. The van der Waals surface area contributed by atoms with Crippen molar-refractivity contribution in [3.8, 4) is 0 Å². The average Bonchev–Trinajstić information content (AvgIpc) is 3.11. The molecule has 1 saturated heterocycles. The molecule has 1 atom stereocenters. The lowest BCUT2D eigenvalue weighted by molar-refractivity contribution is -0.121. The van der Waals surface area contributed by atoms with Crippen molar-refractivity contribution in [3.05, 3.63) is 30.1 Å². The number of nitrogens with one attached hydrogen (secondary N) is 2. The Bertz CT molecular complexity index is 667. The van der Waals surface area contributed by atoms with Crippen LogP contribution in [0.25, 0.3) is 11.0 Å². The molecule has 1 fully saturated rings. The van der Waals surface area contributed by atoms with Crippen LogP contribution in [0, 0.1) is 0 Å². The number of H-pyrrole nitrogens is 1. The molecule has 3 rings (SSSR count). The molecular formula is C15H18N4O2S. The number of carbonyl (C=O) groups excluding carboxylic acids is 2. The van der Waals surface area contributed by atoms with Gasteiger partial charge in [-0.05, 0) is 19.1 Å². The van der Waals surface area contributed by atoms with Crippen LogP contribution in [0.2, 0.25) is 0 Å². The second-order valence-corrected chi connectivity index (χ2v) is 6.33. The second-order valence-electron chi connectivity index (χ2n) is 5.28. The first-order valence-corrected chi connectivity index (χ1v) is 8.28. The summed E-state index contributed by atoms with van der Waals surface area (Å²) >= 11 is 1.31. The van der Waals surface area contributed by atoms with Gasteiger partial charge in [0.15, 0.2) is 0 Å². The molecule has 2 N–H and O–H groups in total. The Morgan fingerprint density at radius 3 is 3.05 bits per heavy atom. The lowest BCUT2D eigenvalue weighted by Crippen LogP contribution is -2.32. The molecule has 2 heterocycles. The van der Waals surface area contributed by atoms with Crippen molar-refractivity contribution in [2.24, 2.45) is 0 Å². The lowest BCUT2D eigenvalue weighted by atomic mass is 10.3. The van der Waals surface area contributed by atoms with E-state index in [9.17, 15) is 9.59 Å². The van der Waals surface area contributed by atoms with Crippen molar-refractivity contribution in [1.29, 1.82) is 0 Å². The van der Waals surface area contributed by atoms with Gasteiger partial charge in [-0.25, -0.2) is 4.98 Å². The lowest BCUT2D eigenvalue weighted by Gasteiger charge is -2.15. The van der Waals surface area contributed by atoms with Crippen LogP contribution in [-0.4, -0.2) is 44.9 Å². The molecule has 1 aromatic carbocycles. The number of amides is 2. The number of aromatic nitrogens is 2. The molecule has 6 nitrogen and oxygen atoms in total. The Morgan fingerprint density at radius 2 is 2.32 bits per heavy atom. The van der Waals surface area contributed by atoms with Crippen LogP contribution >= 0.6 is 11.8 Å². The third-order valence-corrected chi connectivity index (χ3v) is 4.54. The van der Waals surface area contributed by atoms with E-state index < -0.39 is 0 Å². The minimum absolute atomic E-state index is 0.0677. The summed E-state index contributed by atoms with van der Waals surface area (Å²) in [4.78, 5) is 32.9. The van der Waals surface area contributed by atoms with E-state index in [1.807, 2.05) is 31.2 Å². The molecule has 1 aromatic heterocycles. The van der Waals surface area contributed by atoms with Crippen molar-refractivity contribution >= 4 is 33.9 Å². The Balaban J connectivity index is 1.55. The molecule has 1 aliphatic rings. The number of para-hydroxylation sites is 2. The summed E-state index contributed by atoms with van der Waals surface area (Å²) in [7, 11) is 0. The van der Waals surface area contributed by atoms with Crippen LogP contribution in [0.5, 0.6) is 0 Å². The first-order chi connectivity index (χ1) is 10.6. The minimum Gasteiger partial charge on any atom is -0.346 e. The predicted octanol–water partition coefficient (Wildman–Crippen LogP) is 2.30. The van der Waals surface area contributed by atoms with Gasteiger partial charge in [-0.2, -0.15) is 0 Å². The van der Waals surface area contributed by atoms with Gasteiger partial charge < -0.3 is 15.2 Å². The molecule has 7 heteroatoms. The Hall–Kier alpha value is -2.02. The van der Waals surface area contributed by atoms with Crippen LogP contribution in [0.1, 0.15) is 25.2 Å². The van der Waals surface area contributed by atoms with Crippen LogP contribution < -0.4 is 5.32 Å². The summed E-state index contributed by atoms with van der Waals surface area (Å²) in [6.45, 7) is 3.10. The van der Waals surface area contributed by atoms with Crippen LogP contribution in [0.4, 0.5) is 4.79 Å². The van der Waals surface area contributed by atoms with Crippen molar-refractivity contribution < 1.29 is 9.59 Å². The van der Waals surface area contributed by atoms with Crippen molar-refractivity contribution in [3.63, 3.8) is 0 Å². The molecule has 116 valence electrons. The molecule has 0 saturated carbocycles. The maximum Gasteiger partial charge on any atom is 0.281 e. The van der Waals surface area contributed by atoms with Gasteiger partial charge in [-0.15, -0.1) is 0 Å².